The smallest absolute Gasteiger partial charge is 0.277 e. The maximum absolute atomic E-state index is 13.7. The van der Waals surface area contributed by atoms with Gasteiger partial charge in [-0.3, -0.25) is 19.4 Å². The number of nitrogens with one attached hydrogen (secondary N) is 3. The molecule has 5 N–H and O–H groups in total. The van der Waals surface area contributed by atoms with Crippen molar-refractivity contribution in [2.24, 2.45) is 0 Å². The molecule has 1 aliphatic carbocycles. The molecule has 0 aliphatic heterocycles. The Labute approximate surface area is 170 Å². The van der Waals surface area contributed by atoms with Gasteiger partial charge in [-0.05, 0) is 25.0 Å². The van der Waals surface area contributed by atoms with Gasteiger partial charge in [0, 0.05) is 6.04 Å². The molecule has 1 heterocycles. The highest BCUT2D eigenvalue weighted by Gasteiger charge is 2.18. The molecule has 0 saturated heterocycles. The van der Waals surface area contributed by atoms with Gasteiger partial charge in [-0.2, -0.15) is 0 Å². The number of anilines is 2. The van der Waals surface area contributed by atoms with E-state index in [4.69, 9.17) is 5.73 Å². The molecule has 1 saturated carbocycles. The number of aromatic nitrogens is 2. The van der Waals surface area contributed by atoms with Crippen LogP contribution in [0.2, 0.25) is 0 Å². The molecular formula is C19H22FN5O3S. The molecule has 0 unspecified atom stereocenters. The standard InChI is InChI=1S/C19H22FN5O3S/c20-13-9-5-4-8-12(13)17(27)23-15-16(21)24-19(25-18(15)28)29-10-14(26)22-11-6-2-1-3-7-11/h4-5,8-9,11H,1-3,6-7,10H2,(H,22,26)(H,23,27)(H3,21,24,25,28). The van der Waals surface area contributed by atoms with Gasteiger partial charge in [-0.25, -0.2) is 9.37 Å². The van der Waals surface area contributed by atoms with Crippen molar-refractivity contribution in [1.82, 2.24) is 15.3 Å². The molecule has 1 aromatic heterocycles. The van der Waals surface area contributed by atoms with E-state index in [2.05, 4.69) is 20.6 Å². The molecule has 0 bridgehead atoms. The summed E-state index contributed by atoms with van der Waals surface area (Å²) in [5, 5.41) is 5.42. The summed E-state index contributed by atoms with van der Waals surface area (Å²) in [7, 11) is 0. The molecule has 10 heteroatoms. The van der Waals surface area contributed by atoms with Crippen molar-refractivity contribution in [3.63, 3.8) is 0 Å². The number of aromatic amines is 1. The fourth-order valence-corrected chi connectivity index (χ4v) is 3.81. The van der Waals surface area contributed by atoms with Gasteiger partial charge >= 0.3 is 0 Å². The minimum Gasteiger partial charge on any atom is -0.382 e. The number of benzene rings is 1. The number of hydrogen-bond acceptors (Lipinski definition) is 6. The number of carbonyl (C=O) groups is 2. The minimum absolute atomic E-state index is 0.0831. The van der Waals surface area contributed by atoms with E-state index in [1.54, 1.807) is 0 Å². The van der Waals surface area contributed by atoms with Crippen LogP contribution in [-0.2, 0) is 4.79 Å². The van der Waals surface area contributed by atoms with Crippen LogP contribution in [-0.4, -0.2) is 33.6 Å². The summed E-state index contributed by atoms with van der Waals surface area (Å²) < 4.78 is 13.7. The fraction of sp³-hybridized carbons (Fsp3) is 0.368. The van der Waals surface area contributed by atoms with Gasteiger partial charge in [-0.15, -0.1) is 0 Å². The van der Waals surface area contributed by atoms with Crippen LogP contribution in [0.25, 0.3) is 0 Å². The highest BCUT2D eigenvalue weighted by molar-refractivity contribution is 7.99. The second kappa shape index (κ2) is 9.55. The highest BCUT2D eigenvalue weighted by atomic mass is 32.2. The molecule has 1 fully saturated rings. The summed E-state index contributed by atoms with van der Waals surface area (Å²) in [6.07, 6.45) is 5.39. The van der Waals surface area contributed by atoms with Crippen molar-refractivity contribution in [3.8, 4) is 0 Å². The first kappa shape index (κ1) is 20.8. The largest absolute Gasteiger partial charge is 0.382 e. The third kappa shape index (κ3) is 5.57. The number of carbonyl (C=O) groups excluding carboxylic acids is 2. The van der Waals surface area contributed by atoms with Crippen molar-refractivity contribution in [3.05, 3.63) is 46.0 Å². The van der Waals surface area contributed by atoms with E-state index in [-0.39, 0.29) is 39.9 Å². The van der Waals surface area contributed by atoms with Gasteiger partial charge in [0.1, 0.15) is 11.5 Å². The number of halogens is 1. The van der Waals surface area contributed by atoms with Crippen LogP contribution in [0.5, 0.6) is 0 Å². The zero-order valence-electron chi connectivity index (χ0n) is 15.7. The molecule has 1 aliphatic rings. The SMILES string of the molecule is Nc1nc(SCC(=O)NC2CCCCC2)[nH]c(=O)c1NC(=O)c1ccccc1F. The molecule has 2 amide bonds. The van der Waals surface area contributed by atoms with E-state index >= 15 is 0 Å². The lowest BCUT2D eigenvalue weighted by Gasteiger charge is -2.22. The second-order valence-corrected chi connectivity index (χ2v) is 7.72. The van der Waals surface area contributed by atoms with E-state index in [1.165, 1.54) is 24.6 Å². The van der Waals surface area contributed by atoms with Gasteiger partial charge in [-0.1, -0.05) is 43.2 Å². The average molecular weight is 419 g/mol. The molecule has 2 aromatic rings. The van der Waals surface area contributed by atoms with Gasteiger partial charge in [0.25, 0.3) is 11.5 Å². The fourth-order valence-electron chi connectivity index (χ4n) is 3.13. The Hall–Kier alpha value is -2.88. The molecule has 8 nitrogen and oxygen atoms in total. The summed E-state index contributed by atoms with van der Waals surface area (Å²) in [5.74, 6) is -1.80. The number of rotatable bonds is 6. The highest BCUT2D eigenvalue weighted by Crippen LogP contribution is 2.20. The van der Waals surface area contributed by atoms with E-state index in [9.17, 15) is 18.8 Å². The summed E-state index contributed by atoms with van der Waals surface area (Å²) in [4.78, 5) is 43.0. The zero-order chi connectivity index (χ0) is 20.8. The Morgan fingerprint density at radius 1 is 1.24 bits per heavy atom. The van der Waals surface area contributed by atoms with Crippen molar-refractivity contribution in [2.75, 3.05) is 16.8 Å². The van der Waals surface area contributed by atoms with Gasteiger partial charge in [0.2, 0.25) is 5.91 Å². The zero-order valence-corrected chi connectivity index (χ0v) is 16.5. The van der Waals surface area contributed by atoms with E-state index in [1.807, 2.05) is 0 Å². The molecule has 1 aromatic carbocycles. The number of hydrogen-bond donors (Lipinski definition) is 4. The Balaban J connectivity index is 1.61. The van der Waals surface area contributed by atoms with E-state index in [0.717, 1.165) is 43.5 Å². The number of H-pyrrole nitrogens is 1. The number of nitrogen functional groups attached to an aromatic ring is 1. The third-order valence-electron chi connectivity index (χ3n) is 4.59. The van der Waals surface area contributed by atoms with Crippen molar-refractivity contribution in [1.29, 1.82) is 0 Å². The topological polar surface area (TPSA) is 130 Å². The molecule has 3 rings (SSSR count). The van der Waals surface area contributed by atoms with E-state index in [0.29, 0.717) is 0 Å². The van der Waals surface area contributed by atoms with E-state index < -0.39 is 17.3 Å². The summed E-state index contributed by atoms with van der Waals surface area (Å²) in [6.45, 7) is 0. The average Bonchev–Trinajstić information content (AvgIpc) is 2.70. The lowest BCUT2D eigenvalue weighted by Crippen LogP contribution is -2.37. The van der Waals surface area contributed by atoms with Gasteiger partial charge in [0.15, 0.2) is 11.0 Å². The summed E-state index contributed by atoms with van der Waals surface area (Å²) in [5.41, 5.74) is 4.62. The predicted molar refractivity (Wildman–Crippen MR) is 109 cm³/mol. The van der Waals surface area contributed by atoms with Crippen LogP contribution in [0.3, 0.4) is 0 Å². The maximum atomic E-state index is 13.7. The van der Waals surface area contributed by atoms with Crippen LogP contribution in [0, 0.1) is 5.82 Å². The normalized spacial score (nSPS) is 14.4. The quantitative estimate of drug-likeness (QED) is 0.420. The lowest BCUT2D eigenvalue weighted by atomic mass is 9.95. The van der Waals surface area contributed by atoms with Crippen molar-refractivity contribution < 1.29 is 14.0 Å². The maximum Gasteiger partial charge on any atom is 0.277 e. The van der Waals surface area contributed by atoms with Crippen LogP contribution < -0.4 is 21.9 Å². The Morgan fingerprint density at radius 3 is 2.66 bits per heavy atom. The van der Waals surface area contributed by atoms with Gasteiger partial charge < -0.3 is 16.4 Å². The first-order chi connectivity index (χ1) is 13.9. The minimum atomic E-state index is -0.811. The molecule has 0 atom stereocenters. The van der Waals surface area contributed by atoms with Crippen LogP contribution in [0.15, 0.2) is 34.2 Å². The molecule has 29 heavy (non-hydrogen) atoms. The molecule has 0 spiro atoms. The molecule has 0 radical (unpaired) electrons. The van der Waals surface area contributed by atoms with Crippen molar-refractivity contribution >= 4 is 35.1 Å². The number of nitrogens with two attached hydrogens (primary N) is 1. The number of thioether (sulfide) groups is 1. The predicted octanol–water partition coefficient (Wildman–Crippen LogP) is 2.28. The third-order valence-corrected chi connectivity index (χ3v) is 5.47. The summed E-state index contributed by atoms with van der Waals surface area (Å²) >= 11 is 1.04. The molecule has 154 valence electrons. The van der Waals surface area contributed by atoms with Crippen LogP contribution >= 0.6 is 11.8 Å². The van der Waals surface area contributed by atoms with Gasteiger partial charge in [0.05, 0.1) is 11.3 Å². The van der Waals surface area contributed by atoms with Crippen LogP contribution in [0.1, 0.15) is 42.5 Å². The van der Waals surface area contributed by atoms with Crippen LogP contribution in [0.4, 0.5) is 15.9 Å². The Morgan fingerprint density at radius 2 is 1.97 bits per heavy atom. The molecular weight excluding hydrogens is 397 g/mol. The number of nitrogens with zero attached hydrogens (tertiary/aromatic N) is 1. The lowest BCUT2D eigenvalue weighted by molar-refractivity contribution is -0.119. The monoisotopic (exact) mass is 419 g/mol. The first-order valence-corrected chi connectivity index (χ1v) is 10.3. The number of amides is 2. The Bertz CT molecular complexity index is 959. The van der Waals surface area contributed by atoms with Crippen molar-refractivity contribution in [2.45, 2.75) is 43.3 Å². The summed E-state index contributed by atoms with van der Waals surface area (Å²) in [6, 6.07) is 5.58. The first-order valence-electron chi connectivity index (χ1n) is 9.32. The second-order valence-electron chi connectivity index (χ2n) is 6.76. The Kier molecular flexibility index (Phi) is 6.86.